The molecule has 0 saturated carbocycles. The summed E-state index contributed by atoms with van der Waals surface area (Å²) in [7, 11) is 1.51. The van der Waals surface area contributed by atoms with E-state index in [-0.39, 0.29) is 23.8 Å². The highest BCUT2D eigenvalue weighted by Gasteiger charge is 2.19. The smallest absolute Gasteiger partial charge is 0.251 e. The number of rotatable bonds is 4. The zero-order valence-corrected chi connectivity index (χ0v) is 12.2. The molecule has 20 heavy (non-hydrogen) atoms. The molecule has 1 heterocycles. The Morgan fingerprint density at radius 1 is 1.30 bits per heavy atom. The van der Waals surface area contributed by atoms with Gasteiger partial charge in [-0.1, -0.05) is 20.8 Å². The summed E-state index contributed by atoms with van der Waals surface area (Å²) in [6, 6.07) is 3.23. The highest BCUT2D eigenvalue weighted by Crippen LogP contribution is 2.23. The maximum atomic E-state index is 12.0. The molecule has 1 rings (SSSR count). The van der Waals surface area contributed by atoms with Gasteiger partial charge in [-0.05, 0) is 12.1 Å². The van der Waals surface area contributed by atoms with Crippen LogP contribution >= 0.6 is 0 Å². The van der Waals surface area contributed by atoms with Gasteiger partial charge in [-0.25, -0.2) is 10.8 Å². The van der Waals surface area contributed by atoms with Crippen LogP contribution < -0.4 is 21.9 Å². The normalized spacial score (nSPS) is 10.8. The van der Waals surface area contributed by atoms with Crippen LogP contribution in [0.5, 0.6) is 0 Å². The number of aromatic nitrogens is 1. The predicted molar refractivity (Wildman–Crippen MR) is 77.1 cm³/mol. The van der Waals surface area contributed by atoms with Crippen molar-refractivity contribution < 1.29 is 9.59 Å². The largest absolute Gasteiger partial charge is 0.358 e. The molecular weight excluding hydrogens is 258 g/mol. The van der Waals surface area contributed by atoms with Crippen molar-refractivity contribution in [3.8, 4) is 0 Å². The van der Waals surface area contributed by atoms with Gasteiger partial charge >= 0.3 is 0 Å². The fourth-order valence-electron chi connectivity index (χ4n) is 1.47. The van der Waals surface area contributed by atoms with E-state index in [0.717, 1.165) is 5.69 Å². The van der Waals surface area contributed by atoms with Crippen LogP contribution in [0.2, 0.25) is 0 Å². The van der Waals surface area contributed by atoms with Crippen LogP contribution in [0, 0.1) is 0 Å². The van der Waals surface area contributed by atoms with Crippen molar-refractivity contribution in [3.05, 3.63) is 23.4 Å². The number of carbonyl (C=O) groups excluding carboxylic acids is 2. The lowest BCUT2D eigenvalue weighted by atomic mass is 9.90. The van der Waals surface area contributed by atoms with Crippen molar-refractivity contribution >= 4 is 17.6 Å². The number of nitrogens with two attached hydrogens (primary N) is 1. The first-order chi connectivity index (χ1) is 9.27. The molecule has 0 saturated heterocycles. The van der Waals surface area contributed by atoms with Gasteiger partial charge in [-0.15, -0.1) is 0 Å². The minimum Gasteiger partial charge on any atom is -0.358 e. The third kappa shape index (κ3) is 4.20. The minimum atomic E-state index is -0.349. The van der Waals surface area contributed by atoms with Gasteiger partial charge < -0.3 is 16.1 Å². The van der Waals surface area contributed by atoms with Gasteiger partial charge in [0.1, 0.15) is 5.82 Å². The maximum Gasteiger partial charge on any atom is 0.251 e. The number of hydrogen-bond donors (Lipinski definition) is 4. The van der Waals surface area contributed by atoms with Crippen LogP contribution in [0.4, 0.5) is 5.82 Å². The quantitative estimate of drug-likeness (QED) is 0.463. The van der Waals surface area contributed by atoms with E-state index in [1.54, 1.807) is 6.07 Å². The molecule has 0 fully saturated rings. The topological polar surface area (TPSA) is 109 Å². The average molecular weight is 279 g/mol. The van der Waals surface area contributed by atoms with Gasteiger partial charge in [0, 0.05) is 23.7 Å². The summed E-state index contributed by atoms with van der Waals surface area (Å²) in [5, 5.41) is 4.96. The Kier molecular flexibility index (Phi) is 5.04. The van der Waals surface area contributed by atoms with Gasteiger partial charge in [0.2, 0.25) is 5.91 Å². The number of amides is 2. The number of anilines is 1. The number of nitrogen functional groups attached to an aromatic ring is 1. The number of nitrogens with zero attached hydrogens (tertiary/aromatic N) is 1. The van der Waals surface area contributed by atoms with Gasteiger partial charge in [0.15, 0.2) is 0 Å². The van der Waals surface area contributed by atoms with E-state index in [4.69, 9.17) is 5.84 Å². The molecule has 0 spiro atoms. The van der Waals surface area contributed by atoms with E-state index in [9.17, 15) is 9.59 Å². The minimum absolute atomic E-state index is 0.0755. The monoisotopic (exact) mass is 279 g/mol. The molecule has 0 unspecified atom stereocenters. The second-order valence-corrected chi connectivity index (χ2v) is 5.38. The Morgan fingerprint density at radius 2 is 1.95 bits per heavy atom. The molecule has 0 aliphatic rings. The zero-order valence-electron chi connectivity index (χ0n) is 12.2. The SMILES string of the molecule is CNC(=O)CNC(=O)c1cc(NN)nc(C(C)(C)C)c1. The fourth-order valence-corrected chi connectivity index (χ4v) is 1.47. The van der Waals surface area contributed by atoms with E-state index >= 15 is 0 Å². The van der Waals surface area contributed by atoms with Gasteiger partial charge in [0.05, 0.1) is 6.54 Å². The summed E-state index contributed by atoms with van der Waals surface area (Å²) < 4.78 is 0. The Morgan fingerprint density at radius 3 is 2.45 bits per heavy atom. The molecule has 1 aromatic heterocycles. The number of hydrazine groups is 1. The lowest BCUT2D eigenvalue weighted by Gasteiger charge is -2.19. The summed E-state index contributed by atoms with van der Waals surface area (Å²) in [6.07, 6.45) is 0. The predicted octanol–water partition coefficient (Wildman–Crippen LogP) is 0.141. The first kappa shape index (κ1) is 15.9. The summed E-state index contributed by atoms with van der Waals surface area (Å²) in [4.78, 5) is 27.5. The lowest BCUT2D eigenvalue weighted by molar-refractivity contribution is -0.119. The Balaban J connectivity index is 2.99. The zero-order chi connectivity index (χ0) is 15.3. The van der Waals surface area contributed by atoms with Crippen LogP contribution in [0.15, 0.2) is 12.1 Å². The second kappa shape index (κ2) is 6.33. The van der Waals surface area contributed by atoms with Crippen LogP contribution in [0.1, 0.15) is 36.8 Å². The first-order valence-electron chi connectivity index (χ1n) is 6.26. The van der Waals surface area contributed by atoms with E-state index < -0.39 is 0 Å². The van der Waals surface area contributed by atoms with Crippen molar-refractivity contribution in [1.29, 1.82) is 0 Å². The van der Waals surface area contributed by atoms with Crippen molar-refractivity contribution in [2.45, 2.75) is 26.2 Å². The number of pyridine rings is 1. The Labute approximate surface area is 118 Å². The third-order valence-corrected chi connectivity index (χ3v) is 2.69. The van der Waals surface area contributed by atoms with Crippen molar-refractivity contribution in [2.75, 3.05) is 19.0 Å². The summed E-state index contributed by atoms with van der Waals surface area (Å²) >= 11 is 0. The van der Waals surface area contributed by atoms with Crippen LogP contribution in [-0.4, -0.2) is 30.4 Å². The molecule has 110 valence electrons. The third-order valence-electron chi connectivity index (χ3n) is 2.69. The molecule has 0 aromatic carbocycles. The number of hydrogen-bond acceptors (Lipinski definition) is 5. The summed E-state index contributed by atoms with van der Waals surface area (Å²) in [5.41, 5.74) is 3.36. The first-order valence-corrected chi connectivity index (χ1v) is 6.26. The van der Waals surface area contributed by atoms with Crippen molar-refractivity contribution in [3.63, 3.8) is 0 Å². The molecule has 0 radical (unpaired) electrons. The van der Waals surface area contributed by atoms with Gasteiger partial charge in [-0.3, -0.25) is 9.59 Å². The molecule has 0 aliphatic carbocycles. The standard InChI is InChI=1S/C13H21N5O2/c1-13(2,3)9-5-8(6-10(17-9)18-14)12(20)16-7-11(19)15-4/h5-6H,7,14H2,1-4H3,(H,15,19)(H,16,20)(H,17,18). The summed E-state index contributed by atoms with van der Waals surface area (Å²) in [5.74, 6) is 5.16. The molecule has 2 amide bonds. The summed E-state index contributed by atoms with van der Waals surface area (Å²) in [6.45, 7) is 5.89. The van der Waals surface area contributed by atoms with Gasteiger partial charge in [-0.2, -0.15) is 0 Å². The molecule has 1 aromatic rings. The maximum absolute atomic E-state index is 12.0. The van der Waals surface area contributed by atoms with E-state index in [2.05, 4.69) is 21.0 Å². The molecule has 0 aliphatic heterocycles. The highest BCUT2D eigenvalue weighted by atomic mass is 16.2. The molecule has 7 nitrogen and oxygen atoms in total. The van der Waals surface area contributed by atoms with Gasteiger partial charge in [0.25, 0.3) is 5.91 Å². The number of likely N-dealkylation sites (N-methyl/N-ethyl adjacent to an activating group) is 1. The number of nitrogens with one attached hydrogen (secondary N) is 3. The highest BCUT2D eigenvalue weighted by molar-refractivity contribution is 5.97. The number of carbonyl (C=O) groups is 2. The van der Waals surface area contributed by atoms with E-state index in [1.165, 1.54) is 13.1 Å². The Hall–Kier alpha value is -2.15. The molecular formula is C13H21N5O2. The van der Waals surface area contributed by atoms with E-state index in [0.29, 0.717) is 11.4 Å². The second-order valence-electron chi connectivity index (χ2n) is 5.38. The average Bonchev–Trinajstić information content (AvgIpc) is 2.42. The Bertz CT molecular complexity index is 508. The van der Waals surface area contributed by atoms with Crippen LogP contribution in [0.3, 0.4) is 0 Å². The molecule has 0 bridgehead atoms. The molecule has 5 N–H and O–H groups in total. The molecule has 0 atom stereocenters. The van der Waals surface area contributed by atoms with Crippen molar-refractivity contribution in [1.82, 2.24) is 15.6 Å². The van der Waals surface area contributed by atoms with E-state index in [1.807, 2.05) is 20.8 Å². The van der Waals surface area contributed by atoms with Crippen LogP contribution in [0.25, 0.3) is 0 Å². The molecule has 7 heteroatoms. The van der Waals surface area contributed by atoms with Crippen LogP contribution in [-0.2, 0) is 10.2 Å². The van der Waals surface area contributed by atoms with Crippen molar-refractivity contribution in [2.24, 2.45) is 5.84 Å². The lowest BCUT2D eigenvalue weighted by Crippen LogP contribution is -2.35. The fraction of sp³-hybridized carbons (Fsp3) is 0.462.